The lowest BCUT2D eigenvalue weighted by atomic mass is 10.1. The van der Waals surface area contributed by atoms with E-state index >= 15 is 0 Å². The molecule has 1 atom stereocenters. The maximum atomic E-state index is 13.5. The molecule has 0 bridgehead atoms. The van der Waals surface area contributed by atoms with Crippen LogP contribution >= 0.6 is 24.0 Å². The van der Waals surface area contributed by atoms with Crippen molar-refractivity contribution < 1.29 is 28.2 Å². The second-order valence-electron chi connectivity index (χ2n) is 11.9. The van der Waals surface area contributed by atoms with Crippen molar-refractivity contribution in [2.45, 2.75) is 110 Å². The van der Waals surface area contributed by atoms with Crippen LogP contribution in [0, 0.1) is 5.82 Å². The molecule has 0 aliphatic carbocycles. The second kappa shape index (κ2) is 21.5. The molecule has 1 amide bonds. The molecule has 0 N–H and O–H groups in total. The lowest BCUT2D eigenvalue weighted by Crippen LogP contribution is -2.27. The van der Waals surface area contributed by atoms with Crippen molar-refractivity contribution in [1.82, 2.24) is 4.90 Å². The number of ether oxygens (including phenoxy) is 2. The van der Waals surface area contributed by atoms with Crippen LogP contribution in [-0.4, -0.2) is 39.8 Å². The van der Waals surface area contributed by atoms with E-state index in [2.05, 4.69) is 19.1 Å². The Balaban J connectivity index is 1.27. The Morgan fingerprint density at radius 2 is 1.68 bits per heavy atom. The van der Waals surface area contributed by atoms with E-state index in [9.17, 15) is 18.8 Å². The molecule has 1 saturated heterocycles. The SMILES string of the molecule is CCCCCC[C@H](C/C=C\CCCCCCCCOC(=O)c1ccc(/C=C2\SC(=S)N(Cc3cccc(F)c3)C2=O)cc1)OC(C)=O. The quantitative estimate of drug-likeness (QED) is 0.0427. The number of allylic oxidation sites excluding steroid dienone is 1. The summed E-state index contributed by atoms with van der Waals surface area (Å²) in [5.74, 6) is -1.14. The van der Waals surface area contributed by atoms with Crippen LogP contribution in [0.25, 0.3) is 6.08 Å². The molecule has 0 spiro atoms. The van der Waals surface area contributed by atoms with Crippen molar-refractivity contribution in [3.05, 3.63) is 88.1 Å². The highest BCUT2D eigenvalue weighted by molar-refractivity contribution is 8.26. The zero-order valence-electron chi connectivity index (χ0n) is 27.7. The van der Waals surface area contributed by atoms with E-state index in [1.54, 1.807) is 42.5 Å². The van der Waals surface area contributed by atoms with Gasteiger partial charge in [-0.05, 0) is 73.6 Å². The minimum absolute atomic E-state index is 0.00703. The normalized spacial score (nSPS) is 14.7. The molecule has 254 valence electrons. The van der Waals surface area contributed by atoms with Gasteiger partial charge in [0.25, 0.3) is 5.91 Å². The molecule has 1 fully saturated rings. The maximum Gasteiger partial charge on any atom is 0.338 e. The zero-order valence-corrected chi connectivity index (χ0v) is 29.4. The molecular formula is C38H48FNO5S2. The fourth-order valence-corrected chi connectivity index (χ4v) is 6.52. The molecule has 2 aromatic rings. The third-order valence-electron chi connectivity index (χ3n) is 7.82. The van der Waals surface area contributed by atoms with Gasteiger partial charge in [0.1, 0.15) is 16.2 Å². The van der Waals surface area contributed by atoms with Gasteiger partial charge < -0.3 is 9.47 Å². The third-order valence-corrected chi connectivity index (χ3v) is 9.20. The van der Waals surface area contributed by atoms with E-state index in [0.717, 1.165) is 69.8 Å². The van der Waals surface area contributed by atoms with Gasteiger partial charge in [-0.2, -0.15) is 0 Å². The largest absolute Gasteiger partial charge is 0.462 e. The van der Waals surface area contributed by atoms with E-state index < -0.39 is 0 Å². The van der Waals surface area contributed by atoms with Crippen molar-refractivity contribution in [1.29, 1.82) is 0 Å². The molecule has 1 aliphatic rings. The smallest absolute Gasteiger partial charge is 0.338 e. The molecule has 0 saturated carbocycles. The number of carbonyl (C=O) groups excluding carboxylic acids is 3. The molecule has 3 rings (SSSR count). The predicted octanol–water partition coefficient (Wildman–Crippen LogP) is 9.96. The highest BCUT2D eigenvalue weighted by Crippen LogP contribution is 2.33. The predicted molar refractivity (Wildman–Crippen MR) is 192 cm³/mol. The summed E-state index contributed by atoms with van der Waals surface area (Å²) in [5.41, 5.74) is 1.90. The van der Waals surface area contributed by atoms with E-state index in [-0.39, 0.29) is 36.3 Å². The number of rotatable bonds is 21. The molecule has 47 heavy (non-hydrogen) atoms. The van der Waals surface area contributed by atoms with E-state index in [0.29, 0.717) is 27.0 Å². The molecule has 1 aliphatic heterocycles. The molecule has 1 heterocycles. The molecule has 2 aromatic carbocycles. The van der Waals surface area contributed by atoms with E-state index in [1.807, 2.05) is 0 Å². The van der Waals surface area contributed by atoms with Crippen LogP contribution < -0.4 is 0 Å². The first kappa shape index (κ1) is 38.2. The van der Waals surface area contributed by atoms with Gasteiger partial charge in [-0.1, -0.05) is 112 Å². The second-order valence-corrected chi connectivity index (χ2v) is 13.5. The van der Waals surface area contributed by atoms with Gasteiger partial charge >= 0.3 is 11.9 Å². The Bertz CT molecular complexity index is 1370. The summed E-state index contributed by atoms with van der Waals surface area (Å²) in [4.78, 5) is 38.7. The number of esters is 2. The van der Waals surface area contributed by atoms with Gasteiger partial charge in [-0.25, -0.2) is 9.18 Å². The lowest BCUT2D eigenvalue weighted by molar-refractivity contribution is -0.146. The maximum absolute atomic E-state index is 13.5. The molecule has 0 aromatic heterocycles. The Hall–Kier alpha value is -3.30. The first-order valence-corrected chi connectivity index (χ1v) is 18.1. The van der Waals surface area contributed by atoms with Crippen LogP contribution in [0.5, 0.6) is 0 Å². The Morgan fingerprint density at radius 3 is 2.40 bits per heavy atom. The van der Waals surface area contributed by atoms with Crippen molar-refractivity contribution >= 4 is 52.2 Å². The molecule has 0 radical (unpaired) electrons. The fraction of sp³-hybridized carbons (Fsp3) is 0.474. The summed E-state index contributed by atoms with van der Waals surface area (Å²) in [6.45, 7) is 4.28. The number of benzene rings is 2. The monoisotopic (exact) mass is 681 g/mol. The summed E-state index contributed by atoms with van der Waals surface area (Å²) >= 11 is 6.60. The summed E-state index contributed by atoms with van der Waals surface area (Å²) in [6.07, 6.45) is 20.0. The number of hydrogen-bond donors (Lipinski definition) is 0. The molecule has 6 nitrogen and oxygen atoms in total. The molecular weight excluding hydrogens is 634 g/mol. The number of hydrogen-bond acceptors (Lipinski definition) is 7. The van der Waals surface area contributed by atoms with Gasteiger partial charge in [-0.15, -0.1) is 0 Å². The summed E-state index contributed by atoms with van der Waals surface area (Å²) in [6, 6.07) is 13.1. The van der Waals surface area contributed by atoms with Gasteiger partial charge in [0.05, 0.1) is 23.6 Å². The standard InChI is InChI=1S/C38H48FNO5S2/c1-3-4-5-13-19-34(45-29(2)41)20-14-11-9-7-6-8-10-12-15-25-44-37(43)32-23-21-30(22-24-32)27-35-36(42)40(38(46)47-35)28-31-17-16-18-33(39)26-31/h11,14,16-18,21-24,26-27,34H,3-10,12-13,15,19-20,25,28H2,1-2H3/b14-11-,35-27-/t34-/m1/s1. The zero-order chi connectivity index (χ0) is 33.9. The van der Waals surface area contributed by atoms with Crippen molar-refractivity contribution in [2.24, 2.45) is 0 Å². The van der Waals surface area contributed by atoms with Crippen LogP contribution in [0.1, 0.15) is 119 Å². The van der Waals surface area contributed by atoms with Crippen LogP contribution in [0.3, 0.4) is 0 Å². The number of halogens is 1. The summed E-state index contributed by atoms with van der Waals surface area (Å²) in [5, 5.41) is 0. The minimum Gasteiger partial charge on any atom is -0.462 e. The van der Waals surface area contributed by atoms with Gasteiger partial charge in [0.2, 0.25) is 0 Å². The highest BCUT2D eigenvalue weighted by atomic mass is 32.2. The number of nitrogens with zero attached hydrogens (tertiary/aromatic N) is 1. The van der Waals surface area contributed by atoms with Crippen molar-refractivity contribution in [2.75, 3.05) is 6.61 Å². The summed E-state index contributed by atoms with van der Waals surface area (Å²) in [7, 11) is 0. The van der Waals surface area contributed by atoms with Crippen LogP contribution in [0.4, 0.5) is 4.39 Å². The number of thioether (sulfide) groups is 1. The van der Waals surface area contributed by atoms with Crippen molar-refractivity contribution in [3.63, 3.8) is 0 Å². The first-order valence-electron chi connectivity index (χ1n) is 16.9. The number of carbonyl (C=O) groups is 3. The van der Waals surface area contributed by atoms with E-state index in [4.69, 9.17) is 21.7 Å². The first-order chi connectivity index (χ1) is 22.8. The van der Waals surface area contributed by atoms with Gasteiger partial charge in [0.15, 0.2) is 0 Å². The highest BCUT2D eigenvalue weighted by Gasteiger charge is 2.32. The average molecular weight is 682 g/mol. The van der Waals surface area contributed by atoms with Gasteiger partial charge in [-0.3, -0.25) is 14.5 Å². The molecule has 9 heteroatoms. The van der Waals surface area contributed by atoms with Gasteiger partial charge in [0, 0.05) is 13.3 Å². The van der Waals surface area contributed by atoms with Crippen LogP contribution in [0.2, 0.25) is 0 Å². The molecule has 0 unspecified atom stereocenters. The van der Waals surface area contributed by atoms with Crippen LogP contribution in [-0.2, 0) is 25.6 Å². The Kier molecular flexibility index (Phi) is 17.5. The lowest BCUT2D eigenvalue weighted by Gasteiger charge is -2.15. The Morgan fingerprint density at radius 1 is 0.957 bits per heavy atom. The van der Waals surface area contributed by atoms with Crippen molar-refractivity contribution in [3.8, 4) is 0 Å². The Labute approximate surface area is 289 Å². The van der Waals surface area contributed by atoms with E-state index in [1.165, 1.54) is 55.0 Å². The minimum atomic E-state index is -0.360. The number of unbranched alkanes of at least 4 members (excludes halogenated alkanes) is 9. The average Bonchev–Trinajstić information content (AvgIpc) is 3.30. The summed E-state index contributed by atoms with van der Waals surface area (Å²) < 4.78 is 24.9. The topological polar surface area (TPSA) is 72.9 Å². The third kappa shape index (κ3) is 14.6. The van der Waals surface area contributed by atoms with Crippen LogP contribution in [0.15, 0.2) is 65.6 Å². The number of thiocarbonyl (C=S) groups is 1. The fourth-order valence-electron chi connectivity index (χ4n) is 5.26. The number of amides is 1.